The van der Waals surface area contributed by atoms with Gasteiger partial charge in [-0.25, -0.2) is 4.79 Å². The number of aliphatic carboxylic acids is 1. The molecule has 246 valence electrons. The molecule has 3 saturated carbocycles. The Morgan fingerprint density at radius 3 is 2.44 bits per heavy atom. The third-order valence-electron chi connectivity index (χ3n) is 12.2. The maximum atomic E-state index is 12.8. The van der Waals surface area contributed by atoms with Crippen LogP contribution in [-0.4, -0.2) is 72.3 Å². The minimum atomic E-state index is -0.977. The van der Waals surface area contributed by atoms with Gasteiger partial charge in [0.2, 0.25) is 0 Å². The topological polar surface area (TPSA) is 93.1 Å². The van der Waals surface area contributed by atoms with Crippen molar-refractivity contribution in [1.82, 2.24) is 0 Å². The minimum Gasteiger partial charge on any atom is -0.481 e. The van der Waals surface area contributed by atoms with Gasteiger partial charge in [-0.2, -0.15) is 0 Å². The third kappa shape index (κ3) is 8.17. The number of rotatable bonds is 11. The third-order valence-corrected chi connectivity index (χ3v) is 12.2. The second kappa shape index (κ2) is 13.0. The van der Waals surface area contributed by atoms with Gasteiger partial charge in [0.1, 0.15) is 12.6 Å². The molecule has 0 unspecified atom stereocenters. The molecule has 0 aromatic carbocycles. The fourth-order valence-corrected chi connectivity index (χ4v) is 10.3. The molecule has 0 heterocycles. The second-order valence-corrected chi connectivity index (χ2v) is 17.1. The van der Waals surface area contributed by atoms with E-state index in [9.17, 15) is 19.8 Å². The molecule has 43 heavy (non-hydrogen) atoms. The van der Waals surface area contributed by atoms with Crippen molar-refractivity contribution in [3.8, 4) is 0 Å². The first-order valence-electron chi connectivity index (χ1n) is 17.2. The Morgan fingerprint density at radius 1 is 1.07 bits per heavy atom. The Labute approximate surface area is 261 Å². The van der Waals surface area contributed by atoms with E-state index in [1.807, 2.05) is 35.0 Å². The molecule has 0 saturated heterocycles. The van der Waals surface area contributed by atoms with Crippen LogP contribution >= 0.6 is 0 Å². The van der Waals surface area contributed by atoms with E-state index in [4.69, 9.17) is 9.47 Å². The summed E-state index contributed by atoms with van der Waals surface area (Å²) in [6.45, 7) is 11.9. The van der Waals surface area contributed by atoms with E-state index in [0.29, 0.717) is 28.3 Å². The number of quaternary nitrogens is 1. The molecule has 0 aromatic rings. The summed E-state index contributed by atoms with van der Waals surface area (Å²) in [6, 6.07) is 0. The fraction of sp³-hybridized carbons (Fsp3) is 0.889. The highest BCUT2D eigenvalue weighted by Crippen LogP contribution is 2.66. The molecule has 9 atom stereocenters. The lowest BCUT2D eigenvalue weighted by molar-refractivity contribution is -0.873. The molecule has 0 spiro atoms. The normalized spacial score (nSPS) is 35.8. The smallest absolute Gasteiger partial charge is 0.481 e. The summed E-state index contributed by atoms with van der Waals surface area (Å²) < 4.78 is 11.9. The minimum absolute atomic E-state index is 0.151. The standard InChI is InChI=1S/C36H61NO6/c1-24(11-10-18-34(2,3)41)29-14-15-30-28-13-9-12-25-21-26(16-19-35(25,4)31(28)17-20-36(29,30)5)42-33(40)43-27(22-32(38)39)23-37(6,7)8/h12,24,26-31,41H,9-11,13-23H2,1-8H3/p+1/t24-,26+,27+,28-,29-,30+,31+,35+,36-/m1/s1. The number of carboxylic acid groups (broad SMARTS) is 1. The van der Waals surface area contributed by atoms with Crippen LogP contribution in [0.2, 0.25) is 0 Å². The van der Waals surface area contributed by atoms with Gasteiger partial charge in [-0.1, -0.05) is 45.3 Å². The predicted molar refractivity (Wildman–Crippen MR) is 169 cm³/mol. The molecular formula is C36H62NO6+. The number of hydrogen-bond donors (Lipinski definition) is 2. The van der Waals surface area contributed by atoms with Crippen molar-refractivity contribution in [2.45, 2.75) is 136 Å². The van der Waals surface area contributed by atoms with Crippen LogP contribution in [0.5, 0.6) is 0 Å². The molecule has 0 aromatic heterocycles. The lowest BCUT2D eigenvalue weighted by Gasteiger charge is -2.55. The molecule has 0 radical (unpaired) electrons. The van der Waals surface area contributed by atoms with Crippen molar-refractivity contribution in [2.24, 2.45) is 40.4 Å². The number of allylic oxidation sites excluding steroid dienone is 1. The van der Waals surface area contributed by atoms with Crippen molar-refractivity contribution < 1.29 is 33.8 Å². The number of carbonyl (C=O) groups excluding carboxylic acids is 1. The number of likely N-dealkylation sites (N-methyl/N-ethyl adjacent to an activating group) is 1. The van der Waals surface area contributed by atoms with E-state index in [1.54, 1.807) is 0 Å². The number of aliphatic hydroxyl groups is 1. The zero-order valence-corrected chi connectivity index (χ0v) is 28.5. The van der Waals surface area contributed by atoms with Crippen LogP contribution in [0, 0.1) is 40.4 Å². The number of nitrogens with zero attached hydrogens (tertiary/aromatic N) is 1. The van der Waals surface area contributed by atoms with Crippen molar-refractivity contribution >= 4 is 12.1 Å². The monoisotopic (exact) mass is 604 g/mol. The first-order valence-corrected chi connectivity index (χ1v) is 17.2. The van der Waals surface area contributed by atoms with E-state index in [0.717, 1.165) is 56.3 Å². The van der Waals surface area contributed by atoms with Gasteiger partial charge >= 0.3 is 12.1 Å². The molecule has 0 aliphatic heterocycles. The summed E-state index contributed by atoms with van der Waals surface area (Å²) in [7, 11) is 5.87. The van der Waals surface area contributed by atoms with Gasteiger partial charge in [0.25, 0.3) is 0 Å². The van der Waals surface area contributed by atoms with Gasteiger partial charge in [-0.3, -0.25) is 4.79 Å². The van der Waals surface area contributed by atoms with Gasteiger partial charge in [-0.05, 0) is 112 Å². The number of ether oxygens (including phenoxy) is 2. The van der Waals surface area contributed by atoms with Gasteiger partial charge in [0.15, 0.2) is 6.10 Å². The number of carbonyl (C=O) groups is 2. The number of fused-ring (bicyclic) bond motifs is 5. The Balaban J connectivity index is 1.38. The van der Waals surface area contributed by atoms with Gasteiger partial charge in [-0.15, -0.1) is 0 Å². The lowest BCUT2D eigenvalue weighted by atomic mass is 9.49. The van der Waals surface area contributed by atoms with Crippen LogP contribution in [0.3, 0.4) is 0 Å². The summed E-state index contributed by atoms with van der Waals surface area (Å²) >= 11 is 0. The molecule has 3 fully saturated rings. The zero-order chi connectivity index (χ0) is 31.8. The van der Waals surface area contributed by atoms with Crippen LogP contribution in [0.4, 0.5) is 4.79 Å². The van der Waals surface area contributed by atoms with Crippen LogP contribution in [0.25, 0.3) is 0 Å². The van der Waals surface area contributed by atoms with Crippen LogP contribution < -0.4 is 0 Å². The fourth-order valence-electron chi connectivity index (χ4n) is 10.3. The molecule has 2 N–H and O–H groups in total. The van der Waals surface area contributed by atoms with Crippen molar-refractivity contribution in [3.63, 3.8) is 0 Å². The maximum absolute atomic E-state index is 12.8. The predicted octanol–water partition coefficient (Wildman–Crippen LogP) is 7.60. The number of hydrogen-bond acceptors (Lipinski definition) is 5. The average Bonchev–Trinajstić information content (AvgIpc) is 3.13. The second-order valence-electron chi connectivity index (χ2n) is 17.1. The quantitative estimate of drug-likeness (QED) is 0.143. The van der Waals surface area contributed by atoms with Gasteiger partial charge < -0.3 is 24.2 Å². The Bertz CT molecular complexity index is 1030. The highest BCUT2D eigenvalue weighted by atomic mass is 16.7. The Hall–Kier alpha value is -1.60. The number of carboxylic acids is 1. The summed E-state index contributed by atoms with van der Waals surface area (Å²) in [6.07, 6.45) is 14.1. The SMILES string of the molecule is C[C@H](CCCC(C)(C)O)[C@H]1CC[C@H]2[C@H]3CCC=C4C[C@@H](OC(=O)O[C@@H](CC(=O)O)C[N+](C)(C)C)CC[C@]4(C)[C@H]3CC[C@]12C. The first-order chi connectivity index (χ1) is 19.9. The molecule has 7 nitrogen and oxygen atoms in total. The largest absolute Gasteiger partial charge is 0.509 e. The van der Waals surface area contributed by atoms with E-state index in [1.165, 1.54) is 44.1 Å². The Morgan fingerprint density at radius 2 is 1.79 bits per heavy atom. The lowest BCUT2D eigenvalue weighted by Crippen LogP contribution is -2.49. The van der Waals surface area contributed by atoms with E-state index < -0.39 is 23.8 Å². The molecule has 4 rings (SSSR count). The highest BCUT2D eigenvalue weighted by molar-refractivity contribution is 5.68. The summed E-state index contributed by atoms with van der Waals surface area (Å²) in [5.74, 6) is 2.72. The average molecular weight is 605 g/mol. The van der Waals surface area contributed by atoms with Crippen LogP contribution in [-0.2, 0) is 14.3 Å². The van der Waals surface area contributed by atoms with E-state index in [2.05, 4.69) is 26.8 Å². The highest BCUT2D eigenvalue weighted by Gasteiger charge is 2.58. The molecule has 0 amide bonds. The molecule has 4 aliphatic rings. The van der Waals surface area contributed by atoms with Crippen molar-refractivity contribution in [3.05, 3.63) is 11.6 Å². The van der Waals surface area contributed by atoms with Crippen LogP contribution in [0.1, 0.15) is 118 Å². The first kappa shape index (κ1) is 34.3. The van der Waals surface area contributed by atoms with Crippen molar-refractivity contribution in [2.75, 3.05) is 27.7 Å². The molecule has 7 heteroatoms. The van der Waals surface area contributed by atoms with E-state index in [-0.39, 0.29) is 17.9 Å². The summed E-state index contributed by atoms with van der Waals surface area (Å²) in [4.78, 5) is 24.2. The zero-order valence-electron chi connectivity index (χ0n) is 28.5. The van der Waals surface area contributed by atoms with Gasteiger partial charge in [0, 0.05) is 6.42 Å². The van der Waals surface area contributed by atoms with Crippen LogP contribution in [0.15, 0.2) is 11.6 Å². The maximum Gasteiger partial charge on any atom is 0.509 e. The molecule has 0 bridgehead atoms. The van der Waals surface area contributed by atoms with Crippen molar-refractivity contribution in [1.29, 1.82) is 0 Å². The summed E-state index contributed by atoms with van der Waals surface area (Å²) in [5, 5.41) is 19.5. The van der Waals surface area contributed by atoms with Gasteiger partial charge in [0.05, 0.1) is 33.2 Å². The van der Waals surface area contributed by atoms with E-state index >= 15 is 0 Å². The molecule has 4 aliphatic carbocycles. The summed E-state index contributed by atoms with van der Waals surface area (Å²) in [5.41, 5.74) is 1.46. The molecular weight excluding hydrogens is 542 g/mol. The Kier molecular flexibility index (Phi) is 10.4.